The Morgan fingerprint density at radius 1 is 1.05 bits per heavy atom. The normalized spacial score (nSPS) is 11.7. The minimum absolute atomic E-state index is 0.0907. The molecule has 0 radical (unpaired) electrons. The Bertz CT molecular complexity index is 614. The molecule has 0 aliphatic carbocycles. The van der Waals surface area contributed by atoms with E-state index in [0.29, 0.717) is 9.92 Å². The summed E-state index contributed by atoms with van der Waals surface area (Å²) < 4.78 is 38.8. The van der Waals surface area contributed by atoms with Crippen molar-refractivity contribution in [2.45, 2.75) is 22.5 Å². The summed E-state index contributed by atoms with van der Waals surface area (Å²) in [6, 6.07) is 11.1. The van der Waals surface area contributed by atoms with Crippen molar-refractivity contribution in [3.05, 3.63) is 58.6 Å². The van der Waals surface area contributed by atoms with Gasteiger partial charge in [-0.25, -0.2) is 0 Å². The number of nitrogens with two attached hydrogens (primary N) is 1. The third-order valence-electron chi connectivity index (χ3n) is 2.64. The fraction of sp³-hybridized carbons (Fsp3) is 0.143. The Balaban J connectivity index is 2.34. The smallest absolute Gasteiger partial charge is 0.326 e. The predicted molar refractivity (Wildman–Crippen MR) is 74.9 cm³/mol. The lowest BCUT2D eigenvalue weighted by atomic mass is 10.1. The number of benzene rings is 2. The van der Waals surface area contributed by atoms with Gasteiger partial charge in [0, 0.05) is 21.4 Å². The van der Waals surface area contributed by atoms with Crippen LogP contribution in [0, 0.1) is 0 Å². The van der Waals surface area contributed by atoms with Crippen LogP contribution in [0.4, 0.5) is 13.2 Å². The van der Waals surface area contributed by atoms with Crippen molar-refractivity contribution in [1.82, 2.24) is 0 Å². The van der Waals surface area contributed by atoms with Crippen LogP contribution in [0.1, 0.15) is 11.1 Å². The van der Waals surface area contributed by atoms with E-state index < -0.39 is 11.7 Å². The van der Waals surface area contributed by atoms with Gasteiger partial charge in [-0.05, 0) is 35.9 Å². The monoisotopic (exact) mass is 317 g/mol. The van der Waals surface area contributed by atoms with E-state index in [-0.39, 0.29) is 12.1 Å². The second kappa shape index (κ2) is 6.08. The molecule has 0 atom stereocenters. The molecule has 2 rings (SSSR count). The van der Waals surface area contributed by atoms with E-state index >= 15 is 0 Å². The van der Waals surface area contributed by atoms with Gasteiger partial charge in [-0.3, -0.25) is 0 Å². The second-order valence-corrected chi connectivity index (χ2v) is 5.66. The minimum Gasteiger partial charge on any atom is -0.326 e. The van der Waals surface area contributed by atoms with E-state index in [9.17, 15) is 13.2 Å². The van der Waals surface area contributed by atoms with Crippen molar-refractivity contribution in [2.24, 2.45) is 5.73 Å². The maximum absolute atomic E-state index is 12.9. The van der Waals surface area contributed by atoms with E-state index in [4.69, 9.17) is 17.3 Å². The lowest BCUT2D eigenvalue weighted by Crippen LogP contribution is -2.11. The Hall–Kier alpha value is -1.17. The number of rotatable bonds is 3. The number of halogens is 4. The van der Waals surface area contributed by atoms with Crippen LogP contribution in [0.5, 0.6) is 0 Å². The first-order chi connectivity index (χ1) is 9.40. The summed E-state index contributed by atoms with van der Waals surface area (Å²) in [6.45, 7) is -0.142. The van der Waals surface area contributed by atoms with Crippen LogP contribution >= 0.6 is 23.4 Å². The second-order valence-electron chi connectivity index (χ2n) is 4.08. The van der Waals surface area contributed by atoms with Crippen molar-refractivity contribution >= 4 is 23.4 Å². The third kappa shape index (κ3) is 3.69. The van der Waals surface area contributed by atoms with Crippen molar-refractivity contribution in [3.63, 3.8) is 0 Å². The van der Waals surface area contributed by atoms with Crippen LogP contribution in [0.15, 0.2) is 52.3 Å². The fourth-order valence-corrected chi connectivity index (χ4v) is 2.90. The van der Waals surface area contributed by atoms with E-state index in [1.165, 1.54) is 17.8 Å². The van der Waals surface area contributed by atoms with E-state index in [0.717, 1.165) is 11.0 Å². The molecule has 1 nitrogen and oxygen atoms in total. The highest BCUT2D eigenvalue weighted by molar-refractivity contribution is 7.99. The summed E-state index contributed by atoms with van der Waals surface area (Å²) in [5, 5.41) is 0.546. The first-order valence-electron chi connectivity index (χ1n) is 5.74. The quantitative estimate of drug-likeness (QED) is 0.865. The Morgan fingerprint density at radius 3 is 2.35 bits per heavy atom. The lowest BCUT2D eigenvalue weighted by molar-refractivity contribution is -0.138. The first-order valence-corrected chi connectivity index (χ1v) is 6.93. The fourth-order valence-electron chi connectivity index (χ4n) is 1.73. The van der Waals surface area contributed by atoms with Crippen LogP contribution in [-0.4, -0.2) is 0 Å². The zero-order valence-electron chi connectivity index (χ0n) is 10.2. The van der Waals surface area contributed by atoms with Gasteiger partial charge in [0.05, 0.1) is 5.56 Å². The number of hydrogen-bond acceptors (Lipinski definition) is 2. The molecule has 106 valence electrons. The molecule has 0 fully saturated rings. The molecule has 0 bridgehead atoms. The molecule has 0 spiro atoms. The van der Waals surface area contributed by atoms with Gasteiger partial charge in [0.15, 0.2) is 0 Å². The zero-order valence-corrected chi connectivity index (χ0v) is 11.8. The highest BCUT2D eigenvalue weighted by Gasteiger charge is 2.33. The molecule has 2 aromatic rings. The zero-order chi connectivity index (χ0) is 14.8. The number of alkyl halides is 3. The molecule has 20 heavy (non-hydrogen) atoms. The average molecular weight is 318 g/mol. The largest absolute Gasteiger partial charge is 0.416 e. The van der Waals surface area contributed by atoms with Gasteiger partial charge in [0.25, 0.3) is 0 Å². The van der Waals surface area contributed by atoms with Crippen LogP contribution in [0.2, 0.25) is 5.02 Å². The van der Waals surface area contributed by atoms with Crippen molar-refractivity contribution in [2.75, 3.05) is 0 Å². The van der Waals surface area contributed by atoms with Crippen LogP contribution in [0.3, 0.4) is 0 Å². The summed E-state index contributed by atoms with van der Waals surface area (Å²) >= 11 is 7.08. The van der Waals surface area contributed by atoms with Crippen molar-refractivity contribution in [3.8, 4) is 0 Å². The molecule has 0 saturated carbocycles. The molecule has 0 unspecified atom stereocenters. The van der Waals surface area contributed by atoms with Crippen LogP contribution in [-0.2, 0) is 12.7 Å². The Labute approximate surface area is 123 Å². The Morgan fingerprint density at radius 2 is 1.75 bits per heavy atom. The molecule has 0 heterocycles. The molecule has 0 aliphatic heterocycles. The summed E-state index contributed by atoms with van der Waals surface area (Å²) in [7, 11) is 0. The molecule has 6 heteroatoms. The topological polar surface area (TPSA) is 26.0 Å². The molecular weight excluding hydrogens is 307 g/mol. The molecule has 0 aliphatic rings. The summed E-state index contributed by atoms with van der Waals surface area (Å²) in [6.07, 6.45) is -4.40. The number of hydrogen-bond donors (Lipinski definition) is 1. The summed E-state index contributed by atoms with van der Waals surface area (Å²) in [5.41, 5.74) is 4.75. The molecule has 0 amide bonds. The maximum Gasteiger partial charge on any atom is 0.416 e. The average Bonchev–Trinajstić information content (AvgIpc) is 2.37. The molecule has 0 aromatic heterocycles. The van der Waals surface area contributed by atoms with Crippen molar-refractivity contribution in [1.29, 1.82) is 0 Å². The van der Waals surface area contributed by atoms with Gasteiger partial charge in [0.1, 0.15) is 0 Å². The maximum atomic E-state index is 12.9. The lowest BCUT2D eigenvalue weighted by Gasteiger charge is -2.13. The molecule has 2 aromatic carbocycles. The highest BCUT2D eigenvalue weighted by Crippen LogP contribution is 2.37. The van der Waals surface area contributed by atoms with Gasteiger partial charge < -0.3 is 5.73 Å². The van der Waals surface area contributed by atoms with Gasteiger partial charge in [-0.2, -0.15) is 13.2 Å². The van der Waals surface area contributed by atoms with E-state index in [1.54, 1.807) is 30.3 Å². The van der Waals surface area contributed by atoms with Gasteiger partial charge in [-0.15, -0.1) is 0 Å². The molecular formula is C14H11ClF3NS. The van der Waals surface area contributed by atoms with Gasteiger partial charge >= 0.3 is 6.18 Å². The van der Waals surface area contributed by atoms with Gasteiger partial charge in [-0.1, -0.05) is 35.5 Å². The summed E-state index contributed by atoms with van der Waals surface area (Å²) in [5.74, 6) is 0. The van der Waals surface area contributed by atoms with E-state index in [1.807, 2.05) is 0 Å². The van der Waals surface area contributed by atoms with Crippen LogP contribution < -0.4 is 5.73 Å². The Kier molecular flexibility index (Phi) is 4.62. The standard InChI is InChI=1S/C14H11ClF3NS/c15-10-2-1-3-11(6-10)20-12-5-4-9(8-19)13(7-12)14(16,17)18/h1-7H,8,19H2. The molecule has 0 saturated heterocycles. The van der Waals surface area contributed by atoms with E-state index in [2.05, 4.69) is 0 Å². The predicted octanol–water partition coefficient (Wildman–Crippen LogP) is 4.97. The first kappa shape index (κ1) is 15.2. The third-order valence-corrected chi connectivity index (χ3v) is 3.85. The minimum atomic E-state index is -4.40. The molecule has 2 N–H and O–H groups in total. The summed E-state index contributed by atoms with van der Waals surface area (Å²) in [4.78, 5) is 1.28. The highest BCUT2D eigenvalue weighted by atomic mass is 35.5. The van der Waals surface area contributed by atoms with Crippen LogP contribution in [0.25, 0.3) is 0 Å². The SMILES string of the molecule is NCc1ccc(Sc2cccc(Cl)c2)cc1C(F)(F)F. The van der Waals surface area contributed by atoms with Gasteiger partial charge in [0.2, 0.25) is 0 Å². The van der Waals surface area contributed by atoms with Crippen molar-refractivity contribution < 1.29 is 13.2 Å².